The van der Waals surface area contributed by atoms with Gasteiger partial charge in [0, 0.05) is 39.1 Å². The number of piperazine rings is 1. The van der Waals surface area contributed by atoms with Gasteiger partial charge >= 0.3 is 0 Å². The molecule has 0 spiro atoms. The number of hydrogen-bond donors (Lipinski definition) is 1. The summed E-state index contributed by atoms with van der Waals surface area (Å²) >= 11 is 0. The van der Waals surface area contributed by atoms with Gasteiger partial charge in [0.15, 0.2) is 0 Å². The van der Waals surface area contributed by atoms with Crippen LogP contribution < -0.4 is 4.74 Å². The summed E-state index contributed by atoms with van der Waals surface area (Å²) in [5.74, 6) is 1.07. The second kappa shape index (κ2) is 8.76. The summed E-state index contributed by atoms with van der Waals surface area (Å²) < 4.78 is 5.67. The Bertz CT molecular complexity index is 471. The molecule has 1 aliphatic heterocycles. The van der Waals surface area contributed by atoms with Crippen LogP contribution in [-0.4, -0.2) is 66.8 Å². The first kappa shape index (κ1) is 16.8. The van der Waals surface area contributed by atoms with Crippen LogP contribution in [0.25, 0.3) is 0 Å². The zero-order chi connectivity index (χ0) is 15.8. The summed E-state index contributed by atoms with van der Waals surface area (Å²) in [5, 5.41) is 8.91. The van der Waals surface area contributed by atoms with Gasteiger partial charge in [-0.25, -0.2) is 0 Å². The average Bonchev–Trinajstić information content (AvgIpc) is 2.52. The van der Waals surface area contributed by atoms with Gasteiger partial charge in [-0.05, 0) is 31.0 Å². The van der Waals surface area contributed by atoms with Crippen molar-refractivity contribution in [3.63, 3.8) is 0 Å². The Hall–Kier alpha value is -1.59. The molecule has 1 saturated heterocycles. The first-order valence-corrected chi connectivity index (χ1v) is 7.99. The Kier molecular flexibility index (Phi) is 6.68. The summed E-state index contributed by atoms with van der Waals surface area (Å²) in [6.07, 6.45) is 1.27. The lowest BCUT2D eigenvalue weighted by atomic mass is 10.2. The maximum absolute atomic E-state index is 12.1. The van der Waals surface area contributed by atoms with E-state index in [2.05, 4.69) is 4.90 Å². The van der Waals surface area contributed by atoms with Gasteiger partial charge in [-0.1, -0.05) is 12.1 Å². The SMILES string of the molecule is Cc1cccc(OCCCC(=O)N2CCN(CCO)CC2)c1. The number of benzene rings is 1. The molecule has 1 fully saturated rings. The van der Waals surface area contributed by atoms with Crippen LogP contribution in [0.4, 0.5) is 0 Å². The molecule has 5 nitrogen and oxygen atoms in total. The molecule has 5 heteroatoms. The summed E-state index contributed by atoms with van der Waals surface area (Å²) in [7, 11) is 0. The van der Waals surface area contributed by atoms with Gasteiger partial charge < -0.3 is 14.7 Å². The number of aryl methyl sites for hydroxylation is 1. The number of aliphatic hydroxyl groups excluding tert-OH is 1. The largest absolute Gasteiger partial charge is 0.494 e. The lowest BCUT2D eigenvalue weighted by Gasteiger charge is -2.34. The van der Waals surface area contributed by atoms with Crippen molar-refractivity contribution in [2.45, 2.75) is 19.8 Å². The molecule has 1 aromatic carbocycles. The minimum absolute atomic E-state index is 0.185. The van der Waals surface area contributed by atoms with Gasteiger partial charge in [0.2, 0.25) is 5.91 Å². The van der Waals surface area contributed by atoms with Crippen LogP contribution in [0.3, 0.4) is 0 Å². The van der Waals surface area contributed by atoms with Crippen LogP contribution >= 0.6 is 0 Å². The first-order chi connectivity index (χ1) is 10.7. The minimum atomic E-state index is 0.185. The van der Waals surface area contributed by atoms with Crippen LogP contribution in [0.5, 0.6) is 5.75 Å². The Morgan fingerprint density at radius 2 is 2.05 bits per heavy atom. The lowest BCUT2D eigenvalue weighted by molar-refractivity contribution is -0.133. The zero-order valence-electron chi connectivity index (χ0n) is 13.3. The fraction of sp³-hybridized carbons (Fsp3) is 0.588. The number of ether oxygens (including phenoxy) is 1. The van der Waals surface area contributed by atoms with Crippen molar-refractivity contribution in [2.24, 2.45) is 0 Å². The van der Waals surface area contributed by atoms with E-state index in [1.807, 2.05) is 36.1 Å². The molecule has 2 rings (SSSR count). The quantitative estimate of drug-likeness (QED) is 0.771. The van der Waals surface area contributed by atoms with Crippen molar-refractivity contribution >= 4 is 5.91 Å². The molecular weight excluding hydrogens is 280 g/mol. The van der Waals surface area contributed by atoms with Crippen LogP contribution in [0.2, 0.25) is 0 Å². The van der Waals surface area contributed by atoms with Crippen molar-refractivity contribution in [1.29, 1.82) is 0 Å². The lowest BCUT2D eigenvalue weighted by Crippen LogP contribution is -2.49. The van der Waals surface area contributed by atoms with E-state index in [9.17, 15) is 4.79 Å². The molecule has 0 bridgehead atoms. The number of carbonyl (C=O) groups excluding carboxylic acids is 1. The molecule has 0 saturated carbocycles. The standard InChI is InChI=1S/C17H26N2O3/c1-15-4-2-5-16(14-15)22-13-3-6-17(21)19-9-7-18(8-10-19)11-12-20/h2,4-5,14,20H,3,6-13H2,1H3. The van der Waals surface area contributed by atoms with E-state index in [0.29, 0.717) is 19.6 Å². The van der Waals surface area contributed by atoms with Gasteiger partial charge in [0.25, 0.3) is 0 Å². The van der Waals surface area contributed by atoms with Gasteiger partial charge in [-0.15, -0.1) is 0 Å². The van der Waals surface area contributed by atoms with Crippen LogP contribution in [0, 0.1) is 6.92 Å². The van der Waals surface area contributed by atoms with Gasteiger partial charge in [-0.2, -0.15) is 0 Å². The third-order valence-electron chi connectivity index (χ3n) is 3.93. The highest BCUT2D eigenvalue weighted by Crippen LogP contribution is 2.13. The molecule has 1 aliphatic rings. The molecule has 1 amide bonds. The zero-order valence-corrected chi connectivity index (χ0v) is 13.3. The third-order valence-corrected chi connectivity index (χ3v) is 3.93. The average molecular weight is 306 g/mol. The molecule has 1 aromatic rings. The molecule has 0 aliphatic carbocycles. The summed E-state index contributed by atoms with van der Waals surface area (Å²) in [6, 6.07) is 7.95. The monoisotopic (exact) mass is 306 g/mol. The number of nitrogens with zero attached hydrogens (tertiary/aromatic N) is 2. The molecule has 22 heavy (non-hydrogen) atoms. The van der Waals surface area contributed by atoms with Crippen molar-refractivity contribution < 1.29 is 14.6 Å². The number of amides is 1. The Morgan fingerprint density at radius 3 is 2.73 bits per heavy atom. The Morgan fingerprint density at radius 1 is 1.27 bits per heavy atom. The summed E-state index contributed by atoms with van der Waals surface area (Å²) in [5.41, 5.74) is 1.18. The Balaban J connectivity index is 1.62. The fourth-order valence-corrected chi connectivity index (χ4v) is 2.64. The number of aliphatic hydroxyl groups is 1. The Labute approximate surface area is 132 Å². The predicted molar refractivity (Wildman–Crippen MR) is 86.0 cm³/mol. The second-order valence-electron chi connectivity index (χ2n) is 5.71. The molecular formula is C17H26N2O3. The van der Waals surface area contributed by atoms with Crippen molar-refractivity contribution in [1.82, 2.24) is 9.80 Å². The van der Waals surface area contributed by atoms with E-state index in [1.165, 1.54) is 5.56 Å². The van der Waals surface area contributed by atoms with Crippen molar-refractivity contribution in [3.8, 4) is 5.75 Å². The van der Waals surface area contributed by atoms with E-state index >= 15 is 0 Å². The number of carbonyl (C=O) groups is 1. The fourth-order valence-electron chi connectivity index (χ4n) is 2.64. The maximum atomic E-state index is 12.1. The molecule has 0 unspecified atom stereocenters. The maximum Gasteiger partial charge on any atom is 0.222 e. The highest BCUT2D eigenvalue weighted by atomic mass is 16.5. The topological polar surface area (TPSA) is 53.0 Å². The smallest absolute Gasteiger partial charge is 0.222 e. The van der Waals surface area contributed by atoms with Crippen molar-refractivity contribution in [3.05, 3.63) is 29.8 Å². The van der Waals surface area contributed by atoms with E-state index in [-0.39, 0.29) is 12.5 Å². The van der Waals surface area contributed by atoms with E-state index in [4.69, 9.17) is 9.84 Å². The van der Waals surface area contributed by atoms with Crippen LogP contribution in [-0.2, 0) is 4.79 Å². The van der Waals surface area contributed by atoms with Crippen LogP contribution in [0.1, 0.15) is 18.4 Å². The van der Waals surface area contributed by atoms with Crippen LogP contribution in [0.15, 0.2) is 24.3 Å². The van der Waals surface area contributed by atoms with Crippen molar-refractivity contribution in [2.75, 3.05) is 45.9 Å². The third kappa shape index (κ3) is 5.31. The minimum Gasteiger partial charge on any atom is -0.494 e. The highest BCUT2D eigenvalue weighted by Gasteiger charge is 2.20. The van der Waals surface area contributed by atoms with E-state index < -0.39 is 0 Å². The van der Waals surface area contributed by atoms with Gasteiger partial charge in [-0.3, -0.25) is 9.69 Å². The van der Waals surface area contributed by atoms with E-state index in [1.54, 1.807) is 0 Å². The molecule has 1 N–H and O–H groups in total. The van der Waals surface area contributed by atoms with Gasteiger partial charge in [0.05, 0.1) is 13.2 Å². The number of hydrogen-bond acceptors (Lipinski definition) is 4. The highest BCUT2D eigenvalue weighted by molar-refractivity contribution is 5.76. The molecule has 122 valence electrons. The summed E-state index contributed by atoms with van der Waals surface area (Å²) in [4.78, 5) is 16.2. The second-order valence-corrected chi connectivity index (χ2v) is 5.71. The number of rotatable bonds is 7. The van der Waals surface area contributed by atoms with Gasteiger partial charge in [0.1, 0.15) is 5.75 Å². The molecule has 0 radical (unpaired) electrons. The normalized spacial score (nSPS) is 15.8. The molecule has 0 aromatic heterocycles. The number of β-amino-alcohol motifs (C(OH)–C–C–N with tert-alkyl or cyclic N) is 1. The first-order valence-electron chi connectivity index (χ1n) is 7.99. The predicted octanol–water partition coefficient (Wildman–Crippen LogP) is 1.29. The molecule has 1 heterocycles. The summed E-state index contributed by atoms with van der Waals surface area (Å²) in [6.45, 7) is 6.72. The van der Waals surface area contributed by atoms with E-state index in [0.717, 1.165) is 38.3 Å². The molecule has 0 atom stereocenters.